The number of hydrogen-bond donors (Lipinski definition) is 1. The van der Waals surface area contributed by atoms with E-state index < -0.39 is 39.2 Å². The summed E-state index contributed by atoms with van der Waals surface area (Å²) in [5, 5.41) is 2.70. The van der Waals surface area contributed by atoms with E-state index in [4.69, 9.17) is 4.74 Å². The predicted octanol–water partition coefficient (Wildman–Crippen LogP) is 3.18. The Balaban J connectivity index is 1.54. The highest BCUT2D eigenvalue weighted by atomic mass is 32.2. The number of aromatic nitrogens is 3. The molecule has 9 nitrogen and oxygen atoms in total. The lowest BCUT2D eigenvalue weighted by Crippen LogP contribution is -2.59. The average molecular weight is 554 g/mol. The fourth-order valence-electron chi connectivity index (χ4n) is 4.31. The normalized spacial score (nSPS) is 18.4. The summed E-state index contributed by atoms with van der Waals surface area (Å²) in [6.07, 6.45) is -1.75. The number of sulfonamides is 1. The Labute approximate surface area is 215 Å². The van der Waals surface area contributed by atoms with Crippen LogP contribution in [0.3, 0.4) is 0 Å². The van der Waals surface area contributed by atoms with E-state index in [2.05, 4.69) is 20.3 Å². The number of rotatable bonds is 8. The molecule has 1 N–H and O–H groups in total. The van der Waals surface area contributed by atoms with Gasteiger partial charge in [-0.15, -0.1) is 0 Å². The van der Waals surface area contributed by atoms with E-state index >= 15 is 0 Å². The molecule has 0 aliphatic carbocycles. The van der Waals surface area contributed by atoms with Gasteiger partial charge in [0.15, 0.2) is 0 Å². The molecular weight excluding hydrogens is 530 g/mol. The Morgan fingerprint density at radius 3 is 2.50 bits per heavy atom. The molecule has 38 heavy (non-hydrogen) atoms. The number of nitrogens with one attached hydrogen (secondary N) is 1. The van der Waals surface area contributed by atoms with E-state index in [1.165, 1.54) is 25.6 Å². The lowest BCUT2D eigenvalue weighted by Gasteiger charge is -2.35. The minimum Gasteiger partial charge on any atom is -0.382 e. The van der Waals surface area contributed by atoms with Gasteiger partial charge in [-0.05, 0) is 55.3 Å². The third kappa shape index (κ3) is 5.51. The van der Waals surface area contributed by atoms with E-state index in [0.717, 1.165) is 40.8 Å². The first-order chi connectivity index (χ1) is 18.0. The fraction of sp³-hybridized carbons (Fsp3) is 0.333. The smallest absolute Gasteiger partial charge is 0.382 e. The minimum atomic E-state index is -4.57. The SMILES string of the molecule is COC[C@@]1(C(=O)NCc2cc(-c3ccc(C(F)(F)F)nc3)ncn2)CCCN1S(=O)(=O)c1ccc(F)cc1. The first-order valence-corrected chi connectivity index (χ1v) is 12.8. The predicted molar refractivity (Wildman–Crippen MR) is 126 cm³/mol. The quantitative estimate of drug-likeness (QED) is 0.426. The standard InChI is InChI=1S/C24H23F4N5O4S/c1-37-14-23(9-2-10-33(23)38(35,36)19-6-4-17(25)5-7-19)22(34)30-13-18-11-20(32-15-31-18)16-3-8-21(29-12-16)24(26,27)28/h3-8,11-12,15H,2,9-10,13-14H2,1H3,(H,30,34)/t23-/m1/s1. The molecular formula is C24H23F4N5O4S. The molecule has 0 bridgehead atoms. The molecule has 3 aromatic rings. The zero-order chi connectivity index (χ0) is 27.6. The van der Waals surface area contributed by atoms with E-state index in [1.54, 1.807) is 0 Å². The number of halogens is 4. The highest BCUT2D eigenvalue weighted by Crippen LogP contribution is 2.36. The number of nitrogens with zero attached hydrogens (tertiary/aromatic N) is 4. The van der Waals surface area contributed by atoms with Gasteiger partial charge >= 0.3 is 6.18 Å². The molecule has 0 unspecified atom stereocenters. The van der Waals surface area contributed by atoms with Crippen molar-refractivity contribution in [2.24, 2.45) is 0 Å². The van der Waals surface area contributed by atoms with Crippen molar-refractivity contribution in [2.45, 2.75) is 36.0 Å². The van der Waals surface area contributed by atoms with Crippen LogP contribution in [0.2, 0.25) is 0 Å². The van der Waals surface area contributed by atoms with Crippen LogP contribution < -0.4 is 5.32 Å². The molecule has 1 aliphatic heterocycles. The molecule has 0 saturated carbocycles. The van der Waals surface area contributed by atoms with Gasteiger partial charge in [-0.25, -0.2) is 22.8 Å². The lowest BCUT2D eigenvalue weighted by molar-refractivity contribution is -0.141. The monoisotopic (exact) mass is 553 g/mol. The maximum absolute atomic E-state index is 13.4. The van der Waals surface area contributed by atoms with Gasteiger partial charge < -0.3 is 10.1 Å². The van der Waals surface area contributed by atoms with Gasteiger partial charge in [-0.3, -0.25) is 9.78 Å². The maximum Gasteiger partial charge on any atom is 0.433 e. The first kappa shape index (κ1) is 27.5. The van der Waals surface area contributed by atoms with Gasteiger partial charge in [-0.2, -0.15) is 17.5 Å². The molecule has 1 amide bonds. The maximum atomic E-state index is 13.4. The van der Waals surface area contributed by atoms with Crippen molar-refractivity contribution >= 4 is 15.9 Å². The molecule has 1 atom stereocenters. The molecule has 3 heterocycles. The summed E-state index contributed by atoms with van der Waals surface area (Å²) in [5.41, 5.74) is -1.64. The van der Waals surface area contributed by atoms with Crippen molar-refractivity contribution in [3.63, 3.8) is 0 Å². The van der Waals surface area contributed by atoms with Crippen LogP contribution in [0.5, 0.6) is 0 Å². The summed E-state index contributed by atoms with van der Waals surface area (Å²) in [6.45, 7) is -0.265. The number of benzene rings is 1. The summed E-state index contributed by atoms with van der Waals surface area (Å²) < 4.78 is 84.8. The van der Waals surface area contributed by atoms with Crippen LogP contribution in [0.4, 0.5) is 17.6 Å². The molecule has 1 aliphatic rings. The molecule has 0 spiro atoms. The molecule has 2 aromatic heterocycles. The zero-order valence-electron chi connectivity index (χ0n) is 20.1. The Hall–Kier alpha value is -3.49. The second-order valence-corrected chi connectivity index (χ2v) is 10.5. The Morgan fingerprint density at radius 1 is 1.13 bits per heavy atom. The van der Waals surface area contributed by atoms with Crippen LogP contribution in [0.15, 0.2) is 59.9 Å². The molecule has 1 aromatic carbocycles. The zero-order valence-corrected chi connectivity index (χ0v) is 20.9. The van der Waals surface area contributed by atoms with Gasteiger partial charge in [0.1, 0.15) is 23.4 Å². The number of carbonyl (C=O) groups is 1. The number of pyridine rings is 1. The van der Waals surface area contributed by atoms with E-state index in [-0.39, 0.29) is 31.0 Å². The number of ether oxygens (including phenoxy) is 1. The Bertz CT molecular complexity index is 1400. The number of hydrogen-bond acceptors (Lipinski definition) is 7. The first-order valence-electron chi connectivity index (χ1n) is 11.4. The molecule has 202 valence electrons. The van der Waals surface area contributed by atoms with E-state index in [9.17, 15) is 30.8 Å². The van der Waals surface area contributed by atoms with Crippen molar-refractivity contribution in [1.82, 2.24) is 24.6 Å². The second kappa shape index (κ2) is 10.7. The third-order valence-corrected chi connectivity index (χ3v) is 8.12. The summed E-state index contributed by atoms with van der Waals surface area (Å²) in [5.74, 6) is -1.21. The highest BCUT2D eigenvalue weighted by molar-refractivity contribution is 7.89. The van der Waals surface area contributed by atoms with E-state index in [1.807, 2.05) is 0 Å². The second-order valence-electron chi connectivity index (χ2n) is 8.61. The van der Waals surface area contributed by atoms with Crippen molar-refractivity contribution in [3.8, 4) is 11.3 Å². The van der Waals surface area contributed by atoms with Crippen molar-refractivity contribution in [2.75, 3.05) is 20.3 Å². The van der Waals surface area contributed by atoms with Gasteiger partial charge in [0.05, 0.1) is 29.4 Å². The van der Waals surface area contributed by atoms with E-state index in [0.29, 0.717) is 23.4 Å². The van der Waals surface area contributed by atoms with Crippen molar-refractivity contribution < 1.29 is 35.5 Å². The molecule has 14 heteroatoms. The number of methoxy groups -OCH3 is 1. The molecule has 1 saturated heterocycles. The van der Waals surface area contributed by atoms with Gasteiger partial charge in [0.2, 0.25) is 15.9 Å². The third-order valence-electron chi connectivity index (χ3n) is 6.14. The van der Waals surface area contributed by atoms with Gasteiger partial charge in [-0.1, -0.05) is 0 Å². The largest absolute Gasteiger partial charge is 0.433 e. The van der Waals surface area contributed by atoms with Gasteiger partial charge in [0, 0.05) is 25.4 Å². The van der Waals surface area contributed by atoms with Gasteiger partial charge in [0.25, 0.3) is 0 Å². The van der Waals surface area contributed by atoms with Crippen molar-refractivity contribution in [1.29, 1.82) is 0 Å². The van der Waals surface area contributed by atoms with Crippen LogP contribution in [-0.4, -0.2) is 59.4 Å². The summed E-state index contributed by atoms with van der Waals surface area (Å²) in [6, 6.07) is 7.87. The van der Waals surface area contributed by atoms with Crippen LogP contribution >= 0.6 is 0 Å². The number of amides is 1. The Morgan fingerprint density at radius 2 is 1.87 bits per heavy atom. The number of carbonyl (C=O) groups excluding carboxylic acids is 1. The Kier molecular flexibility index (Phi) is 7.76. The lowest BCUT2D eigenvalue weighted by atomic mass is 9.97. The number of alkyl halides is 3. The summed E-state index contributed by atoms with van der Waals surface area (Å²) in [7, 11) is -2.80. The fourth-order valence-corrected chi connectivity index (χ4v) is 6.10. The molecule has 1 fully saturated rings. The summed E-state index contributed by atoms with van der Waals surface area (Å²) >= 11 is 0. The van der Waals surface area contributed by atoms with Crippen LogP contribution in [0.25, 0.3) is 11.3 Å². The van der Waals surface area contributed by atoms with Crippen LogP contribution in [0, 0.1) is 5.82 Å². The average Bonchev–Trinajstić information content (AvgIpc) is 3.33. The topological polar surface area (TPSA) is 114 Å². The highest BCUT2D eigenvalue weighted by Gasteiger charge is 2.53. The van der Waals surface area contributed by atoms with Crippen LogP contribution in [-0.2, 0) is 32.3 Å². The molecule has 4 rings (SSSR count). The summed E-state index contributed by atoms with van der Waals surface area (Å²) in [4.78, 5) is 24.9. The minimum absolute atomic E-state index is 0.0645. The molecule has 0 radical (unpaired) electrons. The van der Waals surface area contributed by atoms with Crippen molar-refractivity contribution in [3.05, 3.63) is 72.2 Å². The van der Waals surface area contributed by atoms with Crippen LogP contribution in [0.1, 0.15) is 24.2 Å².